The molecule has 1 aliphatic rings. The molecule has 5 heteroatoms. The molecule has 5 nitrogen and oxygen atoms in total. The second kappa shape index (κ2) is 6.72. The molecule has 1 fully saturated rings. The van der Waals surface area contributed by atoms with Gasteiger partial charge in [0.25, 0.3) is 0 Å². The lowest BCUT2D eigenvalue weighted by atomic mass is 9.80. The summed E-state index contributed by atoms with van der Waals surface area (Å²) in [6, 6.07) is 7.06. The Bertz CT molecular complexity index is 505. The molecule has 2 amide bonds. The van der Waals surface area contributed by atoms with E-state index in [0.717, 1.165) is 25.7 Å². The number of benzene rings is 1. The van der Waals surface area contributed by atoms with Crippen molar-refractivity contribution < 1.29 is 9.59 Å². The number of hydrogen-bond acceptors (Lipinski definition) is 3. The summed E-state index contributed by atoms with van der Waals surface area (Å²) >= 11 is 0. The van der Waals surface area contributed by atoms with Crippen LogP contribution in [0.15, 0.2) is 24.3 Å². The van der Waals surface area contributed by atoms with Crippen molar-refractivity contribution in [3.8, 4) is 0 Å². The molecule has 0 atom stereocenters. The summed E-state index contributed by atoms with van der Waals surface area (Å²) in [6.45, 7) is 1.46. The highest BCUT2D eigenvalue weighted by Crippen LogP contribution is 2.29. The van der Waals surface area contributed by atoms with Crippen LogP contribution in [0, 0.1) is 0 Å². The minimum Gasteiger partial charge on any atom is -0.326 e. The number of hydrogen-bond donors (Lipinski definition) is 3. The summed E-state index contributed by atoms with van der Waals surface area (Å²) in [7, 11) is 0. The van der Waals surface area contributed by atoms with Gasteiger partial charge in [-0.15, -0.1) is 0 Å². The van der Waals surface area contributed by atoms with E-state index in [1.165, 1.54) is 13.3 Å². The number of anilines is 2. The van der Waals surface area contributed by atoms with Gasteiger partial charge in [0.1, 0.15) is 0 Å². The standard InChI is InChI=1S/C16H23N3O2/c1-12(20)18-13-5-7-14(8-6-13)19-15(21)11-16(17)9-3-2-4-10-16/h5-8H,2-4,9-11,17H2,1H3,(H,18,20)(H,19,21). The molecule has 2 rings (SSSR count). The maximum absolute atomic E-state index is 12.1. The lowest BCUT2D eigenvalue weighted by Crippen LogP contribution is -2.44. The minimum atomic E-state index is -0.349. The van der Waals surface area contributed by atoms with E-state index in [1.807, 2.05) is 0 Å². The predicted octanol–water partition coefficient (Wildman–Crippen LogP) is 2.64. The van der Waals surface area contributed by atoms with Crippen LogP contribution >= 0.6 is 0 Å². The van der Waals surface area contributed by atoms with Gasteiger partial charge in [0.05, 0.1) is 0 Å². The molecule has 1 aromatic carbocycles. The highest BCUT2D eigenvalue weighted by molar-refractivity contribution is 5.92. The molecule has 0 saturated heterocycles. The number of nitrogens with one attached hydrogen (secondary N) is 2. The van der Waals surface area contributed by atoms with E-state index in [9.17, 15) is 9.59 Å². The van der Waals surface area contributed by atoms with Crippen LogP contribution in [0.1, 0.15) is 45.4 Å². The van der Waals surface area contributed by atoms with Crippen LogP contribution < -0.4 is 16.4 Å². The van der Waals surface area contributed by atoms with E-state index >= 15 is 0 Å². The zero-order valence-corrected chi connectivity index (χ0v) is 12.4. The molecule has 114 valence electrons. The quantitative estimate of drug-likeness (QED) is 0.796. The van der Waals surface area contributed by atoms with E-state index in [0.29, 0.717) is 17.8 Å². The molecule has 4 N–H and O–H groups in total. The van der Waals surface area contributed by atoms with Crippen molar-refractivity contribution in [3.63, 3.8) is 0 Å². The second-order valence-corrected chi connectivity index (χ2v) is 5.91. The molecule has 0 radical (unpaired) electrons. The molecule has 0 unspecified atom stereocenters. The Morgan fingerprint density at radius 2 is 1.57 bits per heavy atom. The van der Waals surface area contributed by atoms with E-state index in [-0.39, 0.29) is 17.4 Å². The second-order valence-electron chi connectivity index (χ2n) is 5.91. The fourth-order valence-electron chi connectivity index (χ4n) is 2.80. The van der Waals surface area contributed by atoms with Gasteiger partial charge in [-0.2, -0.15) is 0 Å². The molecular weight excluding hydrogens is 266 g/mol. The SMILES string of the molecule is CC(=O)Nc1ccc(NC(=O)CC2(N)CCCCC2)cc1. The summed E-state index contributed by atoms with van der Waals surface area (Å²) < 4.78 is 0. The molecule has 0 spiro atoms. The molecule has 0 aromatic heterocycles. The normalized spacial score (nSPS) is 17.0. The third kappa shape index (κ3) is 4.86. The Balaban J connectivity index is 1.88. The Hall–Kier alpha value is -1.88. The van der Waals surface area contributed by atoms with Crippen molar-refractivity contribution in [2.45, 2.75) is 51.0 Å². The number of rotatable bonds is 4. The van der Waals surface area contributed by atoms with Crippen LogP contribution in [-0.2, 0) is 9.59 Å². The first-order valence-electron chi connectivity index (χ1n) is 7.43. The molecule has 1 aliphatic carbocycles. The van der Waals surface area contributed by atoms with Crippen molar-refractivity contribution in [2.75, 3.05) is 10.6 Å². The van der Waals surface area contributed by atoms with E-state index in [2.05, 4.69) is 10.6 Å². The largest absolute Gasteiger partial charge is 0.326 e. The number of carbonyl (C=O) groups excluding carboxylic acids is 2. The zero-order valence-electron chi connectivity index (χ0n) is 12.4. The lowest BCUT2D eigenvalue weighted by Gasteiger charge is -2.32. The molecule has 0 aliphatic heterocycles. The van der Waals surface area contributed by atoms with Gasteiger partial charge in [-0.25, -0.2) is 0 Å². The maximum Gasteiger partial charge on any atom is 0.226 e. The summed E-state index contributed by atoms with van der Waals surface area (Å²) in [5.41, 5.74) is 7.36. The van der Waals surface area contributed by atoms with Crippen molar-refractivity contribution in [3.05, 3.63) is 24.3 Å². The van der Waals surface area contributed by atoms with Crippen LogP contribution in [0.5, 0.6) is 0 Å². The maximum atomic E-state index is 12.1. The van der Waals surface area contributed by atoms with Crippen molar-refractivity contribution in [2.24, 2.45) is 5.73 Å². The number of nitrogens with two attached hydrogens (primary N) is 1. The fraction of sp³-hybridized carbons (Fsp3) is 0.500. The fourth-order valence-corrected chi connectivity index (χ4v) is 2.80. The summed E-state index contributed by atoms with van der Waals surface area (Å²) in [5, 5.41) is 5.55. The van der Waals surface area contributed by atoms with Crippen molar-refractivity contribution in [1.29, 1.82) is 0 Å². The van der Waals surface area contributed by atoms with Crippen LogP contribution in [0.3, 0.4) is 0 Å². The lowest BCUT2D eigenvalue weighted by molar-refractivity contribution is -0.117. The van der Waals surface area contributed by atoms with E-state index < -0.39 is 0 Å². The van der Waals surface area contributed by atoms with Gasteiger partial charge >= 0.3 is 0 Å². The molecule has 0 heterocycles. The monoisotopic (exact) mass is 289 g/mol. The summed E-state index contributed by atoms with van der Waals surface area (Å²) in [4.78, 5) is 23.0. The van der Waals surface area contributed by atoms with Gasteiger partial charge < -0.3 is 16.4 Å². The molecular formula is C16H23N3O2. The Labute approximate surface area is 125 Å². The Morgan fingerprint density at radius 3 is 2.10 bits per heavy atom. The first kappa shape index (κ1) is 15.5. The highest BCUT2D eigenvalue weighted by Gasteiger charge is 2.29. The third-order valence-corrected chi connectivity index (χ3v) is 3.85. The Morgan fingerprint density at radius 1 is 1.05 bits per heavy atom. The first-order chi connectivity index (χ1) is 9.97. The topological polar surface area (TPSA) is 84.2 Å². The average Bonchev–Trinajstić information content (AvgIpc) is 2.40. The molecule has 0 bridgehead atoms. The van der Waals surface area contributed by atoms with Gasteiger partial charge in [0.15, 0.2) is 0 Å². The van der Waals surface area contributed by atoms with Crippen LogP contribution in [0.4, 0.5) is 11.4 Å². The molecule has 1 aromatic rings. The van der Waals surface area contributed by atoms with Crippen molar-refractivity contribution >= 4 is 23.2 Å². The van der Waals surface area contributed by atoms with Crippen LogP contribution in [0.25, 0.3) is 0 Å². The minimum absolute atomic E-state index is 0.0494. The van der Waals surface area contributed by atoms with E-state index in [4.69, 9.17) is 5.73 Å². The zero-order chi connectivity index (χ0) is 15.3. The van der Waals surface area contributed by atoms with Crippen LogP contribution in [0.2, 0.25) is 0 Å². The van der Waals surface area contributed by atoms with Gasteiger partial charge in [0, 0.05) is 30.3 Å². The highest BCUT2D eigenvalue weighted by atomic mass is 16.2. The number of carbonyl (C=O) groups is 2. The third-order valence-electron chi connectivity index (χ3n) is 3.85. The first-order valence-corrected chi connectivity index (χ1v) is 7.43. The summed E-state index contributed by atoms with van der Waals surface area (Å²) in [5.74, 6) is -0.166. The van der Waals surface area contributed by atoms with Crippen molar-refractivity contribution in [1.82, 2.24) is 0 Å². The molecule has 1 saturated carbocycles. The predicted molar refractivity (Wildman–Crippen MR) is 84.0 cm³/mol. The smallest absolute Gasteiger partial charge is 0.226 e. The van der Waals surface area contributed by atoms with Gasteiger partial charge in [-0.05, 0) is 37.1 Å². The number of amides is 2. The van der Waals surface area contributed by atoms with Gasteiger partial charge in [0.2, 0.25) is 11.8 Å². The van der Waals surface area contributed by atoms with E-state index in [1.54, 1.807) is 24.3 Å². The van der Waals surface area contributed by atoms with Crippen LogP contribution in [-0.4, -0.2) is 17.4 Å². The van der Waals surface area contributed by atoms with Gasteiger partial charge in [-0.3, -0.25) is 9.59 Å². The summed E-state index contributed by atoms with van der Waals surface area (Å²) in [6.07, 6.45) is 5.62. The molecule has 21 heavy (non-hydrogen) atoms. The average molecular weight is 289 g/mol. The Kier molecular flexibility index (Phi) is 4.96. The van der Waals surface area contributed by atoms with Gasteiger partial charge in [-0.1, -0.05) is 19.3 Å².